The summed E-state index contributed by atoms with van der Waals surface area (Å²) in [6.45, 7) is 2.32. The lowest BCUT2D eigenvalue weighted by Gasteiger charge is -2.25. The Labute approximate surface area is 94.3 Å². The third kappa shape index (κ3) is 1.71. The van der Waals surface area contributed by atoms with Gasteiger partial charge in [-0.2, -0.15) is 0 Å². The minimum atomic E-state index is -0.229. The summed E-state index contributed by atoms with van der Waals surface area (Å²) in [5, 5.41) is 0. The van der Waals surface area contributed by atoms with Crippen LogP contribution in [-0.2, 0) is 16.0 Å². The van der Waals surface area contributed by atoms with E-state index in [0.29, 0.717) is 13.0 Å². The second-order valence-corrected chi connectivity index (χ2v) is 3.99. The second-order valence-electron chi connectivity index (χ2n) is 3.99. The standard InChI is InChI=1S/C12H15NO3/c1-7-9-5-8(12(14)15-2)6-16-11(9)4-3-10(7)13/h3-4,8H,5-6,13H2,1-2H3. The van der Waals surface area contributed by atoms with Gasteiger partial charge in [-0.3, -0.25) is 4.79 Å². The molecule has 1 heterocycles. The highest BCUT2D eigenvalue weighted by molar-refractivity contribution is 5.74. The van der Waals surface area contributed by atoms with Crippen LogP contribution in [0.2, 0.25) is 0 Å². The van der Waals surface area contributed by atoms with Crippen molar-refractivity contribution in [3.05, 3.63) is 23.3 Å². The van der Waals surface area contributed by atoms with E-state index in [1.807, 2.05) is 19.1 Å². The Bertz CT molecular complexity index is 429. The van der Waals surface area contributed by atoms with Gasteiger partial charge in [-0.05, 0) is 31.0 Å². The van der Waals surface area contributed by atoms with Crippen LogP contribution in [0.15, 0.2) is 12.1 Å². The van der Waals surface area contributed by atoms with E-state index in [9.17, 15) is 4.79 Å². The minimum absolute atomic E-state index is 0.224. The summed E-state index contributed by atoms with van der Waals surface area (Å²) in [5.41, 5.74) is 8.56. The minimum Gasteiger partial charge on any atom is -0.492 e. The zero-order valence-electron chi connectivity index (χ0n) is 9.45. The molecule has 0 radical (unpaired) electrons. The van der Waals surface area contributed by atoms with Gasteiger partial charge in [-0.15, -0.1) is 0 Å². The number of hydrogen-bond acceptors (Lipinski definition) is 4. The monoisotopic (exact) mass is 221 g/mol. The molecule has 0 aromatic heterocycles. The topological polar surface area (TPSA) is 61.5 Å². The van der Waals surface area contributed by atoms with Crippen LogP contribution in [0.3, 0.4) is 0 Å². The van der Waals surface area contributed by atoms with Crippen LogP contribution in [0.4, 0.5) is 5.69 Å². The van der Waals surface area contributed by atoms with Crippen LogP contribution < -0.4 is 10.5 Å². The maximum absolute atomic E-state index is 11.4. The second kappa shape index (κ2) is 4.04. The first-order chi connectivity index (χ1) is 7.63. The normalized spacial score (nSPS) is 18.5. The lowest BCUT2D eigenvalue weighted by molar-refractivity contribution is -0.146. The molecule has 2 N–H and O–H groups in total. The number of benzene rings is 1. The van der Waals surface area contributed by atoms with Crippen LogP contribution in [0, 0.1) is 12.8 Å². The largest absolute Gasteiger partial charge is 0.492 e. The number of hydrogen-bond donors (Lipinski definition) is 1. The molecule has 0 spiro atoms. The molecule has 0 saturated heterocycles. The Balaban J connectivity index is 2.32. The maximum Gasteiger partial charge on any atom is 0.312 e. The molecular weight excluding hydrogens is 206 g/mol. The molecule has 1 aromatic rings. The van der Waals surface area contributed by atoms with Gasteiger partial charge in [-0.1, -0.05) is 0 Å². The number of esters is 1. The molecule has 1 aliphatic rings. The number of anilines is 1. The van der Waals surface area contributed by atoms with Crippen molar-refractivity contribution in [3.8, 4) is 5.75 Å². The van der Waals surface area contributed by atoms with E-state index in [2.05, 4.69) is 0 Å². The number of nitrogen functional groups attached to an aromatic ring is 1. The zero-order valence-corrected chi connectivity index (χ0v) is 9.45. The number of fused-ring (bicyclic) bond motifs is 1. The number of methoxy groups -OCH3 is 1. The van der Waals surface area contributed by atoms with Crippen molar-refractivity contribution in [1.29, 1.82) is 0 Å². The van der Waals surface area contributed by atoms with Crippen LogP contribution in [0.1, 0.15) is 11.1 Å². The molecule has 86 valence electrons. The van der Waals surface area contributed by atoms with Crippen molar-refractivity contribution in [2.75, 3.05) is 19.5 Å². The quantitative estimate of drug-likeness (QED) is 0.573. The van der Waals surface area contributed by atoms with E-state index in [1.54, 1.807) is 0 Å². The molecule has 0 aliphatic carbocycles. The molecular formula is C12H15NO3. The first-order valence-corrected chi connectivity index (χ1v) is 5.22. The van der Waals surface area contributed by atoms with Gasteiger partial charge in [-0.25, -0.2) is 0 Å². The molecule has 1 aromatic carbocycles. The Morgan fingerprint density at radius 3 is 3.00 bits per heavy atom. The Hall–Kier alpha value is -1.71. The lowest BCUT2D eigenvalue weighted by atomic mass is 9.93. The fourth-order valence-corrected chi connectivity index (χ4v) is 1.95. The average molecular weight is 221 g/mol. The van der Waals surface area contributed by atoms with Crippen molar-refractivity contribution in [3.63, 3.8) is 0 Å². The molecule has 1 aliphatic heterocycles. The van der Waals surface area contributed by atoms with Gasteiger partial charge in [0.25, 0.3) is 0 Å². The predicted octanol–water partition coefficient (Wildman–Crippen LogP) is 1.30. The third-order valence-electron chi connectivity index (χ3n) is 3.02. The van der Waals surface area contributed by atoms with Crippen LogP contribution in [0.25, 0.3) is 0 Å². The number of carbonyl (C=O) groups excluding carboxylic acids is 1. The van der Waals surface area contributed by atoms with Gasteiger partial charge < -0.3 is 15.2 Å². The van der Waals surface area contributed by atoms with Crippen molar-refractivity contribution in [2.45, 2.75) is 13.3 Å². The summed E-state index contributed by atoms with van der Waals surface area (Å²) >= 11 is 0. The van der Waals surface area contributed by atoms with Crippen molar-refractivity contribution in [1.82, 2.24) is 0 Å². The number of carbonyl (C=O) groups is 1. The molecule has 1 unspecified atom stereocenters. The fraction of sp³-hybridized carbons (Fsp3) is 0.417. The Kier molecular flexibility index (Phi) is 2.73. The van der Waals surface area contributed by atoms with Crippen molar-refractivity contribution in [2.24, 2.45) is 5.92 Å². The highest BCUT2D eigenvalue weighted by atomic mass is 16.5. The summed E-state index contributed by atoms with van der Waals surface area (Å²) in [6.07, 6.45) is 0.638. The number of nitrogens with two attached hydrogens (primary N) is 1. The predicted molar refractivity (Wildman–Crippen MR) is 60.3 cm³/mol. The SMILES string of the molecule is COC(=O)C1COc2ccc(N)c(C)c2C1. The zero-order chi connectivity index (χ0) is 11.7. The highest BCUT2D eigenvalue weighted by Crippen LogP contribution is 2.33. The molecule has 4 heteroatoms. The van der Waals surface area contributed by atoms with Gasteiger partial charge in [0.05, 0.1) is 13.0 Å². The molecule has 0 saturated carbocycles. The molecule has 1 atom stereocenters. The van der Waals surface area contributed by atoms with Gasteiger partial charge in [0.1, 0.15) is 12.4 Å². The molecule has 2 rings (SSSR count). The smallest absolute Gasteiger partial charge is 0.312 e. The summed E-state index contributed by atoms with van der Waals surface area (Å²) < 4.78 is 10.3. The molecule has 0 bridgehead atoms. The Morgan fingerprint density at radius 1 is 1.56 bits per heavy atom. The molecule has 4 nitrogen and oxygen atoms in total. The summed E-state index contributed by atoms with van der Waals surface area (Å²) in [7, 11) is 1.39. The number of ether oxygens (including phenoxy) is 2. The highest BCUT2D eigenvalue weighted by Gasteiger charge is 2.28. The molecule has 0 fully saturated rings. The Morgan fingerprint density at radius 2 is 2.31 bits per heavy atom. The van der Waals surface area contributed by atoms with Crippen molar-refractivity contribution >= 4 is 11.7 Å². The average Bonchev–Trinajstić information content (AvgIpc) is 2.32. The van der Waals surface area contributed by atoms with Gasteiger partial charge in [0.15, 0.2) is 0 Å². The van der Waals surface area contributed by atoms with Gasteiger partial charge in [0.2, 0.25) is 0 Å². The first kappa shape index (κ1) is 10.8. The number of rotatable bonds is 1. The summed E-state index contributed by atoms with van der Waals surface area (Å²) in [5.74, 6) is 0.373. The van der Waals surface area contributed by atoms with E-state index < -0.39 is 0 Å². The van der Waals surface area contributed by atoms with E-state index in [0.717, 1.165) is 22.6 Å². The van der Waals surface area contributed by atoms with E-state index in [-0.39, 0.29) is 11.9 Å². The van der Waals surface area contributed by atoms with E-state index in [4.69, 9.17) is 15.2 Å². The van der Waals surface area contributed by atoms with Crippen LogP contribution in [0.5, 0.6) is 5.75 Å². The molecule has 16 heavy (non-hydrogen) atoms. The van der Waals surface area contributed by atoms with E-state index >= 15 is 0 Å². The van der Waals surface area contributed by atoms with Crippen LogP contribution >= 0.6 is 0 Å². The van der Waals surface area contributed by atoms with Gasteiger partial charge in [0, 0.05) is 11.3 Å². The van der Waals surface area contributed by atoms with Gasteiger partial charge >= 0.3 is 5.97 Å². The summed E-state index contributed by atoms with van der Waals surface area (Å²) in [6, 6.07) is 3.68. The van der Waals surface area contributed by atoms with E-state index in [1.165, 1.54) is 7.11 Å². The maximum atomic E-state index is 11.4. The van der Waals surface area contributed by atoms with Crippen molar-refractivity contribution < 1.29 is 14.3 Å². The van der Waals surface area contributed by atoms with Crippen LogP contribution in [-0.4, -0.2) is 19.7 Å². The first-order valence-electron chi connectivity index (χ1n) is 5.22. The summed E-state index contributed by atoms with van der Waals surface area (Å²) in [4.78, 5) is 11.4. The lowest BCUT2D eigenvalue weighted by Crippen LogP contribution is -2.29. The molecule has 0 amide bonds. The fourth-order valence-electron chi connectivity index (χ4n) is 1.95. The third-order valence-corrected chi connectivity index (χ3v) is 3.02.